The highest BCUT2D eigenvalue weighted by atomic mass is 35.5. The SMILES string of the molecule is C=CC1(C=C)OC(C(=O)O)Oc2ccc(Cl)cc21. The Bertz CT molecular complexity index is 516. The van der Waals surface area contributed by atoms with Gasteiger partial charge in [-0.1, -0.05) is 36.9 Å². The van der Waals surface area contributed by atoms with Crippen molar-refractivity contribution in [3.63, 3.8) is 0 Å². The molecule has 1 aromatic carbocycles. The van der Waals surface area contributed by atoms with E-state index < -0.39 is 17.9 Å². The summed E-state index contributed by atoms with van der Waals surface area (Å²) in [6, 6.07) is 4.84. The molecule has 0 bridgehead atoms. The molecule has 0 fully saturated rings. The highest BCUT2D eigenvalue weighted by Crippen LogP contribution is 2.42. The third-order valence-corrected chi connectivity index (χ3v) is 2.94. The molecule has 5 heteroatoms. The van der Waals surface area contributed by atoms with Crippen molar-refractivity contribution >= 4 is 17.6 Å². The van der Waals surface area contributed by atoms with Crippen molar-refractivity contribution < 1.29 is 19.4 Å². The number of rotatable bonds is 3. The van der Waals surface area contributed by atoms with E-state index in [4.69, 9.17) is 26.2 Å². The second-order valence-electron chi connectivity index (χ2n) is 3.75. The van der Waals surface area contributed by atoms with Gasteiger partial charge in [-0.15, -0.1) is 0 Å². The maximum absolute atomic E-state index is 11.0. The van der Waals surface area contributed by atoms with Crippen molar-refractivity contribution in [3.05, 3.63) is 54.1 Å². The summed E-state index contributed by atoms with van der Waals surface area (Å²) in [7, 11) is 0. The number of hydrogen-bond acceptors (Lipinski definition) is 3. The maximum atomic E-state index is 11.0. The van der Waals surface area contributed by atoms with Gasteiger partial charge in [0.05, 0.1) is 0 Å². The van der Waals surface area contributed by atoms with Gasteiger partial charge < -0.3 is 14.6 Å². The summed E-state index contributed by atoms with van der Waals surface area (Å²) in [5, 5.41) is 9.49. The van der Waals surface area contributed by atoms with Crippen LogP contribution >= 0.6 is 11.6 Å². The molecule has 2 rings (SSSR count). The van der Waals surface area contributed by atoms with E-state index in [1.807, 2.05) is 0 Å². The van der Waals surface area contributed by atoms with Crippen molar-refractivity contribution in [1.29, 1.82) is 0 Å². The standard InChI is InChI=1S/C13H11ClO4/c1-3-13(4-2)9-7-8(14)5-6-10(9)17-12(18-13)11(15)16/h3-7,12H,1-2H2,(H,15,16). The summed E-state index contributed by atoms with van der Waals surface area (Å²) in [5.74, 6) is -0.832. The molecule has 1 aliphatic rings. The average molecular weight is 267 g/mol. The van der Waals surface area contributed by atoms with E-state index in [1.165, 1.54) is 12.2 Å². The molecule has 0 aliphatic carbocycles. The Hall–Kier alpha value is -1.78. The lowest BCUT2D eigenvalue weighted by Crippen LogP contribution is -2.43. The lowest BCUT2D eigenvalue weighted by molar-refractivity contribution is -0.194. The van der Waals surface area contributed by atoms with E-state index in [-0.39, 0.29) is 0 Å². The summed E-state index contributed by atoms with van der Waals surface area (Å²) in [5.41, 5.74) is -0.542. The molecule has 1 atom stereocenters. The molecule has 0 amide bonds. The normalized spacial score (nSPS) is 20.4. The molecule has 0 aromatic heterocycles. The third kappa shape index (κ3) is 1.89. The van der Waals surface area contributed by atoms with Crippen LogP contribution in [0.1, 0.15) is 5.56 Å². The van der Waals surface area contributed by atoms with Gasteiger partial charge in [-0.25, -0.2) is 4.79 Å². The first-order valence-corrected chi connectivity index (χ1v) is 5.54. The van der Waals surface area contributed by atoms with Crippen LogP contribution in [0, 0.1) is 0 Å². The molecule has 1 aliphatic heterocycles. The van der Waals surface area contributed by atoms with Gasteiger partial charge in [-0.3, -0.25) is 0 Å². The van der Waals surface area contributed by atoms with E-state index in [9.17, 15) is 4.79 Å². The lowest BCUT2D eigenvalue weighted by Gasteiger charge is -2.37. The van der Waals surface area contributed by atoms with Crippen LogP contribution in [0.15, 0.2) is 43.5 Å². The summed E-state index contributed by atoms with van der Waals surface area (Å²) >= 11 is 5.92. The van der Waals surface area contributed by atoms with Crippen molar-refractivity contribution in [2.75, 3.05) is 0 Å². The monoisotopic (exact) mass is 266 g/mol. The highest BCUT2D eigenvalue weighted by Gasteiger charge is 2.41. The van der Waals surface area contributed by atoms with Gasteiger partial charge in [0.25, 0.3) is 0 Å². The number of fused-ring (bicyclic) bond motifs is 1. The maximum Gasteiger partial charge on any atom is 0.373 e. The lowest BCUT2D eigenvalue weighted by atomic mass is 9.92. The van der Waals surface area contributed by atoms with Crippen LogP contribution in [0.5, 0.6) is 5.75 Å². The second kappa shape index (κ2) is 4.48. The molecular formula is C13H11ClO4. The molecular weight excluding hydrogens is 256 g/mol. The molecule has 1 N–H and O–H groups in total. The molecule has 18 heavy (non-hydrogen) atoms. The Balaban J connectivity index is 2.60. The van der Waals surface area contributed by atoms with E-state index in [2.05, 4.69) is 13.2 Å². The fourth-order valence-electron chi connectivity index (χ4n) is 1.79. The zero-order valence-electron chi connectivity index (χ0n) is 9.43. The number of hydrogen-bond donors (Lipinski definition) is 1. The predicted octanol–water partition coefficient (Wildman–Crippen LogP) is 2.73. The molecule has 4 nitrogen and oxygen atoms in total. The van der Waals surface area contributed by atoms with Crippen molar-refractivity contribution in [3.8, 4) is 5.75 Å². The number of halogens is 1. The smallest absolute Gasteiger partial charge is 0.373 e. The minimum Gasteiger partial charge on any atom is -0.477 e. The van der Waals surface area contributed by atoms with Crippen LogP contribution in [0.3, 0.4) is 0 Å². The molecule has 1 unspecified atom stereocenters. The first-order chi connectivity index (χ1) is 8.52. The van der Waals surface area contributed by atoms with Gasteiger partial charge in [0.2, 0.25) is 0 Å². The minimum atomic E-state index is -1.41. The number of carboxylic acid groups (broad SMARTS) is 1. The van der Waals surface area contributed by atoms with Crippen LogP contribution in [-0.4, -0.2) is 17.4 Å². The van der Waals surface area contributed by atoms with E-state index in [0.29, 0.717) is 16.3 Å². The molecule has 0 saturated carbocycles. The fourth-order valence-corrected chi connectivity index (χ4v) is 1.96. The van der Waals surface area contributed by atoms with Crippen molar-refractivity contribution in [1.82, 2.24) is 0 Å². The van der Waals surface area contributed by atoms with Gasteiger partial charge in [0.1, 0.15) is 11.4 Å². The molecule has 0 spiro atoms. The molecule has 0 radical (unpaired) electrons. The van der Waals surface area contributed by atoms with E-state index in [1.54, 1.807) is 18.2 Å². The Labute approximate surface area is 109 Å². The Kier molecular flexibility index (Phi) is 3.15. The van der Waals surface area contributed by atoms with Crippen LogP contribution in [-0.2, 0) is 15.1 Å². The van der Waals surface area contributed by atoms with Crippen LogP contribution in [0.4, 0.5) is 0 Å². The van der Waals surface area contributed by atoms with E-state index in [0.717, 1.165) is 0 Å². The number of carboxylic acids is 1. The minimum absolute atomic E-state index is 0.387. The molecule has 1 heterocycles. The summed E-state index contributed by atoms with van der Waals surface area (Å²) in [6.45, 7) is 7.32. The molecule has 94 valence electrons. The third-order valence-electron chi connectivity index (χ3n) is 2.71. The number of carbonyl (C=O) groups is 1. The Morgan fingerprint density at radius 2 is 2.11 bits per heavy atom. The topological polar surface area (TPSA) is 55.8 Å². The van der Waals surface area contributed by atoms with Crippen molar-refractivity contribution in [2.24, 2.45) is 0 Å². The number of ether oxygens (including phenoxy) is 2. The van der Waals surface area contributed by atoms with Crippen LogP contribution in [0.25, 0.3) is 0 Å². The van der Waals surface area contributed by atoms with Gasteiger partial charge >= 0.3 is 12.3 Å². The summed E-state index contributed by atoms with van der Waals surface area (Å²) in [6.07, 6.45) is 1.52. The molecule has 1 aromatic rings. The predicted molar refractivity (Wildman–Crippen MR) is 66.7 cm³/mol. The Morgan fingerprint density at radius 3 is 2.67 bits per heavy atom. The summed E-state index contributed by atoms with van der Waals surface area (Å²) in [4.78, 5) is 11.0. The van der Waals surface area contributed by atoms with Crippen LogP contribution in [0.2, 0.25) is 5.02 Å². The average Bonchev–Trinajstić information content (AvgIpc) is 2.37. The highest BCUT2D eigenvalue weighted by molar-refractivity contribution is 6.30. The zero-order chi connectivity index (χ0) is 13.3. The van der Waals surface area contributed by atoms with Gasteiger partial charge in [-0.05, 0) is 18.2 Å². The second-order valence-corrected chi connectivity index (χ2v) is 4.18. The largest absolute Gasteiger partial charge is 0.477 e. The van der Waals surface area contributed by atoms with Gasteiger partial charge in [-0.2, -0.15) is 0 Å². The number of benzene rings is 1. The van der Waals surface area contributed by atoms with Gasteiger partial charge in [0, 0.05) is 10.6 Å². The van der Waals surface area contributed by atoms with E-state index >= 15 is 0 Å². The first kappa shape index (κ1) is 12.7. The van der Waals surface area contributed by atoms with Crippen LogP contribution < -0.4 is 4.74 Å². The zero-order valence-corrected chi connectivity index (χ0v) is 10.2. The fraction of sp³-hybridized carbons (Fsp3) is 0.154. The summed E-state index contributed by atoms with van der Waals surface area (Å²) < 4.78 is 10.6. The number of aliphatic carboxylic acids is 1. The van der Waals surface area contributed by atoms with Gasteiger partial charge in [0.15, 0.2) is 0 Å². The molecule has 0 saturated heterocycles. The van der Waals surface area contributed by atoms with Crippen molar-refractivity contribution in [2.45, 2.75) is 11.9 Å². The first-order valence-electron chi connectivity index (χ1n) is 5.17. The Morgan fingerprint density at radius 1 is 1.44 bits per heavy atom. The quantitative estimate of drug-likeness (QED) is 0.855.